The van der Waals surface area contributed by atoms with Crippen LogP contribution in [-0.2, 0) is 11.2 Å². The van der Waals surface area contributed by atoms with Gasteiger partial charge in [0.15, 0.2) is 11.5 Å². The predicted molar refractivity (Wildman–Crippen MR) is 118 cm³/mol. The summed E-state index contributed by atoms with van der Waals surface area (Å²) in [6, 6.07) is 9.35. The molecular formula is C22H24ClN5O3. The SMILES string of the molecule is COc1cc2c(cc1OC)[C@@H](C)N(CC(=O)Nc1cc(Cl)ccc1-n1cncn1)CC2. The third-order valence-electron chi connectivity index (χ3n) is 5.56. The van der Waals surface area contributed by atoms with Crippen molar-refractivity contribution in [2.24, 2.45) is 0 Å². The molecule has 1 aliphatic heterocycles. The summed E-state index contributed by atoms with van der Waals surface area (Å²) in [6.07, 6.45) is 3.84. The van der Waals surface area contributed by atoms with Gasteiger partial charge in [-0.05, 0) is 54.8 Å². The summed E-state index contributed by atoms with van der Waals surface area (Å²) in [5, 5.41) is 7.65. The van der Waals surface area contributed by atoms with Crippen LogP contribution in [0.1, 0.15) is 24.1 Å². The van der Waals surface area contributed by atoms with E-state index in [0.29, 0.717) is 22.1 Å². The maximum absolute atomic E-state index is 12.9. The van der Waals surface area contributed by atoms with Crippen molar-refractivity contribution in [1.82, 2.24) is 19.7 Å². The number of fused-ring (bicyclic) bond motifs is 1. The van der Waals surface area contributed by atoms with Crippen LogP contribution in [0.15, 0.2) is 43.0 Å². The highest BCUT2D eigenvalue weighted by molar-refractivity contribution is 6.31. The van der Waals surface area contributed by atoms with Crippen molar-refractivity contribution in [3.8, 4) is 17.2 Å². The van der Waals surface area contributed by atoms with Gasteiger partial charge < -0.3 is 14.8 Å². The summed E-state index contributed by atoms with van der Waals surface area (Å²) < 4.78 is 12.5. The van der Waals surface area contributed by atoms with Gasteiger partial charge in [0.25, 0.3) is 0 Å². The molecule has 3 aromatic rings. The van der Waals surface area contributed by atoms with Crippen LogP contribution in [0.3, 0.4) is 0 Å². The number of ether oxygens (including phenoxy) is 2. The number of aromatic nitrogens is 3. The molecule has 4 rings (SSSR count). The molecule has 1 amide bonds. The minimum absolute atomic E-state index is 0.0588. The van der Waals surface area contributed by atoms with Crippen LogP contribution in [0, 0.1) is 0 Å². The fourth-order valence-corrected chi connectivity index (χ4v) is 4.10. The third kappa shape index (κ3) is 4.35. The van der Waals surface area contributed by atoms with E-state index in [9.17, 15) is 4.79 Å². The standard InChI is InChI=1S/C22H24ClN5O3/c1-14-17-10-21(31-3)20(30-2)8-15(17)6-7-27(14)11-22(29)26-18-9-16(23)4-5-19(18)28-13-24-12-25-28/h4-5,8-10,12-14H,6-7,11H2,1-3H3,(H,26,29)/t14-/m1/s1. The zero-order chi connectivity index (χ0) is 22.0. The van der Waals surface area contributed by atoms with Gasteiger partial charge in [0, 0.05) is 17.6 Å². The Labute approximate surface area is 185 Å². The summed E-state index contributed by atoms with van der Waals surface area (Å²) in [7, 11) is 3.26. The lowest BCUT2D eigenvalue weighted by atomic mass is 9.93. The molecule has 0 unspecified atom stereocenters. The number of hydrogen-bond donors (Lipinski definition) is 1. The van der Waals surface area contributed by atoms with E-state index in [1.54, 1.807) is 43.4 Å². The smallest absolute Gasteiger partial charge is 0.238 e. The topological polar surface area (TPSA) is 81.5 Å². The maximum atomic E-state index is 12.9. The number of methoxy groups -OCH3 is 2. The molecule has 2 aromatic carbocycles. The number of carbonyl (C=O) groups is 1. The number of hydrogen-bond acceptors (Lipinski definition) is 6. The number of rotatable bonds is 6. The molecule has 9 heteroatoms. The molecule has 0 bridgehead atoms. The second kappa shape index (κ2) is 8.95. The molecule has 0 spiro atoms. The Morgan fingerprint density at radius 1 is 1.23 bits per heavy atom. The van der Waals surface area contributed by atoms with Crippen LogP contribution in [0.5, 0.6) is 11.5 Å². The molecule has 1 aliphatic rings. The van der Waals surface area contributed by atoms with Gasteiger partial charge in [-0.3, -0.25) is 9.69 Å². The Kier molecular flexibility index (Phi) is 6.11. The molecule has 8 nitrogen and oxygen atoms in total. The number of carbonyl (C=O) groups excluding carboxylic acids is 1. The highest BCUT2D eigenvalue weighted by Gasteiger charge is 2.27. The van der Waals surface area contributed by atoms with Crippen LogP contribution >= 0.6 is 11.6 Å². The van der Waals surface area contributed by atoms with E-state index in [1.165, 1.54) is 11.9 Å². The molecule has 31 heavy (non-hydrogen) atoms. The highest BCUT2D eigenvalue weighted by atomic mass is 35.5. The highest BCUT2D eigenvalue weighted by Crippen LogP contribution is 2.37. The minimum Gasteiger partial charge on any atom is -0.493 e. The van der Waals surface area contributed by atoms with Crippen molar-refractivity contribution in [1.29, 1.82) is 0 Å². The Hall–Kier alpha value is -3.10. The van der Waals surface area contributed by atoms with Crippen molar-refractivity contribution in [3.63, 3.8) is 0 Å². The van der Waals surface area contributed by atoms with Crippen molar-refractivity contribution in [2.75, 3.05) is 32.6 Å². The van der Waals surface area contributed by atoms with E-state index in [0.717, 1.165) is 24.3 Å². The van der Waals surface area contributed by atoms with Gasteiger partial charge in [-0.15, -0.1) is 0 Å². The van der Waals surface area contributed by atoms with E-state index in [1.807, 2.05) is 12.1 Å². The first-order valence-electron chi connectivity index (χ1n) is 9.93. The zero-order valence-corrected chi connectivity index (χ0v) is 18.4. The van der Waals surface area contributed by atoms with Crippen molar-refractivity contribution in [2.45, 2.75) is 19.4 Å². The fourth-order valence-electron chi connectivity index (χ4n) is 3.93. The Balaban J connectivity index is 1.51. The number of benzene rings is 2. The number of halogens is 1. The normalized spacial score (nSPS) is 15.9. The summed E-state index contributed by atoms with van der Waals surface area (Å²) >= 11 is 6.16. The van der Waals surface area contributed by atoms with Crippen molar-refractivity contribution >= 4 is 23.2 Å². The number of nitrogens with zero attached hydrogens (tertiary/aromatic N) is 4. The average molecular weight is 442 g/mol. The van der Waals surface area contributed by atoms with E-state index < -0.39 is 0 Å². The Morgan fingerprint density at radius 3 is 2.71 bits per heavy atom. The maximum Gasteiger partial charge on any atom is 0.238 e. The lowest BCUT2D eigenvalue weighted by molar-refractivity contribution is -0.117. The lowest BCUT2D eigenvalue weighted by Crippen LogP contribution is -2.39. The largest absolute Gasteiger partial charge is 0.493 e. The van der Waals surface area contributed by atoms with Crippen LogP contribution in [-0.4, -0.2) is 52.9 Å². The quantitative estimate of drug-likeness (QED) is 0.630. The van der Waals surface area contributed by atoms with Crippen LogP contribution in [0.4, 0.5) is 5.69 Å². The van der Waals surface area contributed by atoms with Gasteiger partial charge in [0.1, 0.15) is 12.7 Å². The molecule has 0 radical (unpaired) electrons. The second-order valence-electron chi connectivity index (χ2n) is 7.35. The average Bonchev–Trinajstić information content (AvgIpc) is 3.29. The summed E-state index contributed by atoms with van der Waals surface area (Å²) in [5.74, 6) is 1.29. The molecule has 162 valence electrons. The van der Waals surface area contributed by atoms with Crippen molar-refractivity contribution < 1.29 is 14.3 Å². The molecule has 2 heterocycles. The molecule has 1 aromatic heterocycles. The minimum atomic E-state index is -0.126. The first-order valence-corrected chi connectivity index (χ1v) is 10.3. The van der Waals surface area contributed by atoms with Gasteiger partial charge in [-0.1, -0.05) is 11.6 Å². The van der Waals surface area contributed by atoms with Crippen LogP contribution in [0.25, 0.3) is 5.69 Å². The lowest BCUT2D eigenvalue weighted by Gasteiger charge is -2.35. The van der Waals surface area contributed by atoms with E-state index >= 15 is 0 Å². The van der Waals surface area contributed by atoms with Gasteiger partial charge in [-0.2, -0.15) is 5.10 Å². The monoisotopic (exact) mass is 441 g/mol. The van der Waals surface area contributed by atoms with E-state index in [4.69, 9.17) is 21.1 Å². The molecule has 0 saturated carbocycles. The number of nitrogens with one attached hydrogen (secondary N) is 1. The molecule has 0 aliphatic carbocycles. The third-order valence-corrected chi connectivity index (χ3v) is 5.79. The van der Waals surface area contributed by atoms with Gasteiger partial charge in [0.05, 0.1) is 32.1 Å². The summed E-state index contributed by atoms with van der Waals surface area (Å²) in [6.45, 7) is 3.11. The molecule has 0 saturated heterocycles. The van der Waals surface area contributed by atoms with Crippen LogP contribution in [0.2, 0.25) is 5.02 Å². The van der Waals surface area contributed by atoms with Gasteiger partial charge in [-0.25, -0.2) is 9.67 Å². The fraction of sp³-hybridized carbons (Fsp3) is 0.318. The van der Waals surface area contributed by atoms with Crippen LogP contribution < -0.4 is 14.8 Å². The molecule has 0 fully saturated rings. The van der Waals surface area contributed by atoms with Crippen molar-refractivity contribution in [3.05, 3.63) is 59.1 Å². The predicted octanol–water partition coefficient (Wildman–Crippen LogP) is 3.50. The Bertz CT molecular complexity index is 1090. The Morgan fingerprint density at radius 2 is 2.00 bits per heavy atom. The summed E-state index contributed by atoms with van der Waals surface area (Å²) in [5.41, 5.74) is 3.64. The van der Waals surface area contributed by atoms with Gasteiger partial charge in [0.2, 0.25) is 5.91 Å². The number of amides is 1. The van der Waals surface area contributed by atoms with E-state index in [-0.39, 0.29) is 18.5 Å². The molecule has 1 atom stereocenters. The summed E-state index contributed by atoms with van der Waals surface area (Å²) in [4.78, 5) is 19.0. The first-order chi connectivity index (χ1) is 15.0. The van der Waals surface area contributed by atoms with Gasteiger partial charge >= 0.3 is 0 Å². The second-order valence-corrected chi connectivity index (χ2v) is 7.79. The molecule has 1 N–H and O–H groups in total. The number of anilines is 1. The molecular weight excluding hydrogens is 418 g/mol. The first kappa shape index (κ1) is 21.1. The zero-order valence-electron chi connectivity index (χ0n) is 17.6. The van der Waals surface area contributed by atoms with E-state index in [2.05, 4.69) is 27.2 Å².